The Hall–Kier alpha value is -1.06. The first-order valence-corrected chi connectivity index (χ1v) is 6.72. The summed E-state index contributed by atoms with van der Waals surface area (Å²) in [7, 11) is 3.86. The molecule has 0 aromatic heterocycles. The molecule has 0 saturated carbocycles. The van der Waals surface area contributed by atoms with Gasteiger partial charge < -0.3 is 15.4 Å². The van der Waals surface area contributed by atoms with Crippen LogP contribution < -0.4 is 10.6 Å². The highest BCUT2D eigenvalue weighted by molar-refractivity contribution is 5.46. The molecule has 18 heavy (non-hydrogen) atoms. The van der Waals surface area contributed by atoms with Crippen molar-refractivity contribution in [3.8, 4) is 0 Å². The Labute approximate surface area is 111 Å². The largest absolute Gasteiger partial charge is 0.385 e. The summed E-state index contributed by atoms with van der Waals surface area (Å²) in [4.78, 5) is 2.25. The highest BCUT2D eigenvalue weighted by Gasteiger charge is 2.03. The van der Waals surface area contributed by atoms with Gasteiger partial charge in [-0.1, -0.05) is 19.1 Å². The van der Waals surface area contributed by atoms with Crippen LogP contribution in [0.25, 0.3) is 0 Å². The van der Waals surface area contributed by atoms with Crippen LogP contribution in [0.4, 0.5) is 5.69 Å². The van der Waals surface area contributed by atoms with E-state index in [1.54, 1.807) is 7.11 Å². The number of nitrogens with two attached hydrogens (primary N) is 1. The molecule has 1 rings (SSSR count). The Morgan fingerprint density at radius 3 is 2.50 bits per heavy atom. The third-order valence-electron chi connectivity index (χ3n) is 3.24. The van der Waals surface area contributed by atoms with Gasteiger partial charge in [0.05, 0.1) is 0 Å². The van der Waals surface area contributed by atoms with Gasteiger partial charge in [-0.2, -0.15) is 0 Å². The smallest absolute Gasteiger partial charge is 0.0479 e. The van der Waals surface area contributed by atoms with Crippen molar-refractivity contribution in [2.75, 3.05) is 32.2 Å². The Kier molecular flexibility index (Phi) is 6.76. The molecule has 1 atom stereocenters. The fourth-order valence-electron chi connectivity index (χ4n) is 1.91. The molecule has 0 radical (unpaired) electrons. The summed E-state index contributed by atoms with van der Waals surface area (Å²) in [5.41, 5.74) is 8.53. The van der Waals surface area contributed by atoms with Gasteiger partial charge in [0.15, 0.2) is 0 Å². The van der Waals surface area contributed by atoms with Crippen LogP contribution in [0.2, 0.25) is 0 Å². The van der Waals surface area contributed by atoms with Crippen LogP contribution in [0.15, 0.2) is 24.3 Å². The average molecular weight is 250 g/mol. The molecule has 1 aromatic carbocycles. The molecule has 0 aliphatic heterocycles. The zero-order chi connectivity index (χ0) is 13.4. The SMILES string of the molecule is CCC(N)Cc1ccc(N(C)CCCOC)cc1. The van der Waals surface area contributed by atoms with E-state index in [0.717, 1.165) is 32.4 Å². The van der Waals surface area contributed by atoms with Crippen LogP contribution in [-0.2, 0) is 11.2 Å². The molecule has 102 valence electrons. The van der Waals surface area contributed by atoms with Gasteiger partial charge >= 0.3 is 0 Å². The maximum atomic E-state index is 5.96. The van der Waals surface area contributed by atoms with E-state index in [1.165, 1.54) is 11.3 Å². The number of hydrogen-bond acceptors (Lipinski definition) is 3. The second-order valence-electron chi connectivity index (χ2n) is 4.81. The van der Waals surface area contributed by atoms with Crippen molar-refractivity contribution in [3.63, 3.8) is 0 Å². The van der Waals surface area contributed by atoms with Crippen molar-refractivity contribution in [1.29, 1.82) is 0 Å². The van der Waals surface area contributed by atoms with Gasteiger partial charge in [0.25, 0.3) is 0 Å². The Morgan fingerprint density at radius 1 is 1.28 bits per heavy atom. The van der Waals surface area contributed by atoms with Crippen LogP contribution in [0.1, 0.15) is 25.3 Å². The Morgan fingerprint density at radius 2 is 1.94 bits per heavy atom. The molecule has 0 amide bonds. The van der Waals surface area contributed by atoms with E-state index < -0.39 is 0 Å². The highest BCUT2D eigenvalue weighted by Crippen LogP contribution is 2.15. The van der Waals surface area contributed by atoms with E-state index in [1.807, 2.05) is 0 Å². The number of nitrogens with zero attached hydrogens (tertiary/aromatic N) is 1. The monoisotopic (exact) mass is 250 g/mol. The minimum Gasteiger partial charge on any atom is -0.385 e. The van der Waals surface area contributed by atoms with E-state index in [4.69, 9.17) is 10.5 Å². The van der Waals surface area contributed by atoms with Crippen molar-refractivity contribution in [1.82, 2.24) is 0 Å². The minimum absolute atomic E-state index is 0.273. The first kappa shape index (κ1) is 15.0. The molecule has 3 heteroatoms. The van der Waals surface area contributed by atoms with Gasteiger partial charge in [-0.05, 0) is 37.0 Å². The summed E-state index contributed by atoms with van der Waals surface area (Å²) >= 11 is 0. The molecule has 0 heterocycles. The fraction of sp³-hybridized carbons (Fsp3) is 0.600. The predicted octanol–water partition coefficient (Wildman–Crippen LogP) is 2.44. The second kappa shape index (κ2) is 8.11. The molecule has 1 aromatic rings. The number of ether oxygens (including phenoxy) is 1. The third kappa shape index (κ3) is 5.07. The number of hydrogen-bond donors (Lipinski definition) is 1. The van der Waals surface area contributed by atoms with Crippen LogP contribution in [0.3, 0.4) is 0 Å². The zero-order valence-corrected chi connectivity index (χ0v) is 11.9. The number of rotatable bonds is 8. The molecule has 1 unspecified atom stereocenters. The lowest BCUT2D eigenvalue weighted by atomic mass is 10.0. The number of anilines is 1. The van der Waals surface area contributed by atoms with Gasteiger partial charge in [0, 0.05) is 39.0 Å². The van der Waals surface area contributed by atoms with Gasteiger partial charge in [-0.15, -0.1) is 0 Å². The molecule has 0 aliphatic carbocycles. The molecular formula is C15H26N2O. The second-order valence-corrected chi connectivity index (χ2v) is 4.81. The lowest BCUT2D eigenvalue weighted by molar-refractivity contribution is 0.196. The van der Waals surface area contributed by atoms with Crippen LogP contribution in [-0.4, -0.2) is 33.4 Å². The van der Waals surface area contributed by atoms with Crippen molar-refractivity contribution in [2.24, 2.45) is 5.73 Å². The van der Waals surface area contributed by atoms with Crippen LogP contribution >= 0.6 is 0 Å². The van der Waals surface area contributed by atoms with Gasteiger partial charge in [-0.3, -0.25) is 0 Å². The molecule has 0 aliphatic rings. The van der Waals surface area contributed by atoms with Crippen molar-refractivity contribution >= 4 is 5.69 Å². The van der Waals surface area contributed by atoms with E-state index in [0.29, 0.717) is 0 Å². The minimum atomic E-state index is 0.273. The fourth-order valence-corrected chi connectivity index (χ4v) is 1.91. The summed E-state index contributed by atoms with van der Waals surface area (Å²) in [5.74, 6) is 0. The van der Waals surface area contributed by atoms with E-state index >= 15 is 0 Å². The normalized spacial score (nSPS) is 12.4. The average Bonchev–Trinajstić information content (AvgIpc) is 2.39. The maximum absolute atomic E-state index is 5.96. The summed E-state index contributed by atoms with van der Waals surface area (Å²) in [6, 6.07) is 8.97. The first-order valence-electron chi connectivity index (χ1n) is 6.72. The number of benzene rings is 1. The van der Waals surface area contributed by atoms with Gasteiger partial charge in [0.1, 0.15) is 0 Å². The lowest BCUT2D eigenvalue weighted by Crippen LogP contribution is -2.22. The Balaban J connectivity index is 2.48. The summed E-state index contributed by atoms with van der Waals surface area (Å²) < 4.78 is 5.06. The summed E-state index contributed by atoms with van der Waals surface area (Å²) in [6.07, 6.45) is 3.04. The maximum Gasteiger partial charge on any atom is 0.0479 e. The molecule has 0 bridgehead atoms. The third-order valence-corrected chi connectivity index (χ3v) is 3.24. The first-order chi connectivity index (χ1) is 8.67. The Bertz CT molecular complexity index is 324. The number of methoxy groups -OCH3 is 1. The highest BCUT2D eigenvalue weighted by atomic mass is 16.5. The molecule has 2 N–H and O–H groups in total. The van der Waals surface area contributed by atoms with Gasteiger partial charge in [0.2, 0.25) is 0 Å². The van der Waals surface area contributed by atoms with Crippen LogP contribution in [0.5, 0.6) is 0 Å². The standard InChI is InChI=1S/C15H26N2O/c1-4-14(16)12-13-6-8-15(9-7-13)17(2)10-5-11-18-3/h6-9,14H,4-5,10-12,16H2,1-3H3. The molecular weight excluding hydrogens is 224 g/mol. The lowest BCUT2D eigenvalue weighted by Gasteiger charge is -2.19. The zero-order valence-electron chi connectivity index (χ0n) is 11.9. The molecule has 3 nitrogen and oxygen atoms in total. The summed E-state index contributed by atoms with van der Waals surface area (Å²) in [6.45, 7) is 3.96. The van der Waals surface area contributed by atoms with Gasteiger partial charge in [-0.25, -0.2) is 0 Å². The van der Waals surface area contributed by atoms with Crippen molar-refractivity contribution < 1.29 is 4.74 Å². The van der Waals surface area contributed by atoms with Crippen molar-refractivity contribution in [2.45, 2.75) is 32.2 Å². The predicted molar refractivity (Wildman–Crippen MR) is 78.2 cm³/mol. The topological polar surface area (TPSA) is 38.5 Å². The van der Waals surface area contributed by atoms with E-state index in [-0.39, 0.29) is 6.04 Å². The molecule has 0 saturated heterocycles. The van der Waals surface area contributed by atoms with Crippen molar-refractivity contribution in [3.05, 3.63) is 29.8 Å². The van der Waals surface area contributed by atoms with E-state index in [2.05, 4.69) is 43.1 Å². The van der Waals surface area contributed by atoms with Crippen LogP contribution in [0, 0.1) is 0 Å². The molecule has 0 fully saturated rings. The quantitative estimate of drug-likeness (QED) is 0.720. The molecule has 0 spiro atoms. The summed E-state index contributed by atoms with van der Waals surface area (Å²) in [5, 5.41) is 0. The van der Waals surface area contributed by atoms with E-state index in [9.17, 15) is 0 Å².